The zero-order chi connectivity index (χ0) is 23.9. The first kappa shape index (κ1) is 23.6. The molecule has 0 saturated carbocycles. The fourth-order valence-corrected chi connectivity index (χ4v) is 7.00. The molecule has 2 aromatic carbocycles. The van der Waals surface area contributed by atoms with Crippen LogP contribution >= 0.6 is 34.5 Å². The predicted octanol–water partition coefficient (Wildman–Crippen LogP) is 4.85. The topological polar surface area (TPSA) is 82.6 Å². The zero-order valence-electron chi connectivity index (χ0n) is 18.0. The van der Waals surface area contributed by atoms with Gasteiger partial charge in [0.05, 0.1) is 10.9 Å². The molecule has 0 bridgehead atoms. The number of hydrogen-bond acceptors (Lipinski definition) is 6. The number of thiazole rings is 1. The van der Waals surface area contributed by atoms with E-state index < -0.39 is 10.0 Å². The fourth-order valence-electron chi connectivity index (χ4n) is 4.67. The Balaban J connectivity index is 1.25. The normalized spacial score (nSPS) is 21.4. The zero-order valence-corrected chi connectivity index (χ0v) is 21.2. The Morgan fingerprint density at radius 2 is 1.76 bits per heavy atom. The summed E-state index contributed by atoms with van der Waals surface area (Å²) >= 11 is 13.6. The van der Waals surface area contributed by atoms with Crippen LogP contribution in [0.5, 0.6) is 0 Å². The summed E-state index contributed by atoms with van der Waals surface area (Å²) in [5, 5.41) is 3.25. The largest absolute Gasteiger partial charge is 0.311 e. The molecule has 3 heterocycles. The maximum absolute atomic E-state index is 13.2. The maximum Gasteiger partial charge on any atom is 0.263 e. The van der Waals surface area contributed by atoms with Crippen molar-refractivity contribution in [1.82, 2.24) is 9.88 Å². The molecule has 0 unspecified atom stereocenters. The summed E-state index contributed by atoms with van der Waals surface area (Å²) in [6, 6.07) is 11.8. The van der Waals surface area contributed by atoms with E-state index in [-0.39, 0.29) is 22.8 Å². The van der Waals surface area contributed by atoms with Gasteiger partial charge in [0.1, 0.15) is 0 Å². The molecule has 0 aliphatic carbocycles. The Kier molecular flexibility index (Phi) is 6.56. The molecular formula is C23H22Cl2N4O3S2. The lowest BCUT2D eigenvalue weighted by Gasteiger charge is -2.23. The Hall–Kier alpha value is -2.17. The standard InChI is InChI=1S/C23H22Cl2N4O3S2/c24-17-11-16(12-18(25)13-17)15-5-8-28(14-15)21-6-9-29(22(21)30)19-1-3-20(4-2-19)34(31,32)27-23-26-7-10-33-23/h1-4,7,10-13,15,21H,5-6,8-9,14H2,(H,26,27)/t15-,21-/m1/s1. The molecule has 2 aliphatic heterocycles. The van der Waals surface area contributed by atoms with Crippen LogP contribution in [-0.2, 0) is 14.8 Å². The van der Waals surface area contributed by atoms with E-state index in [1.165, 1.54) is 29.7 Å². The molecule has 2 aliphatic rings. The van der Waals surface area contributed by atoms with Crippen LogP contribution in [0.1, 0.15) is 24.3 Å². The second-order valence-corrected chi connectivity index (χ2v) is 11.9. The minimum atomic E-state index is -3.73. The van der Waals surface area contributed by atoms with Crippen molar-refractivity contribution in [2.75, 3.05) is 29.3 Å². The lowest BCUT2D eigenvalue weighted by atomic mass is 9.98. The van der Waals surface area contributed by atoms with E-state index in [9.17, 15) is 13.2 Å². The van der Waals surface area contributed by atoms with E-state index in [1.807, 2.05) is 12.1 Å². The van der Waals surface area contributed by atoms with Gasteiger partial charge in [0.25, 0.3) is 10.0 Å². The van der Waals surface area contributed by atoms with Gasteiger partial charge in [0.15, 0.2) is 5.13 Å². The van der Waals surface area contributed by atoms with Crippen molar-refractivity contribution < 1.29 is 13.2 Å². The third-order valence-corrected chi connectivity index (χ3v) is 8.92. The van der Waals surface area contributed by atoms with E-state index in [0.717, 1.165) is 31.5 Å². The lowest BCUT2D eigenvalue weighted by molar-refractivity contribution is -0.121. The minimum Gasteiger partial charge on any atom is -0.311 e. The number of nitrogens with zero attached hydrogens (tertiary/aromatic N) is 3. The first-order valence-electron chi connectivity index (χ1n) is 10.8. The monoisotopic (exact) mass is 536 g/mol. The van der Waals surface area contributed by atoms with Crippen LogP contribution in [0.2, 0.25) is 10.0 Å². The summed E-state index contributed by atoms with van der Waals surface area (Å²) in [6.45, 7) is 2.20. The quantitative estimate of drug-likeness (QED) is 0.487. The molecule has 2 saturated heterocycles. The van der Waals surface area contributed by atoms with Crippen molar-refractivity contribution in [2.24, 2.45) is 0 Å². The number of amides is 1. The number of benzene rings is 2. The van der Waals surface area contributed by atoms with E-state index >= 15 is 0 Å². The van der Waals surface area contributed by atoms with Crippen LogP contribution in [0.4, 0.5) is 10.8 Å². The number of rotatable bonds is 6. The summed E-state index contributed by atoms with van der Waals surface area (Å²) < 4.78 is 27.6. The lowest BCUT2D eigenvalue weighted by Crippen LogP contribution is -2.40. The highest BCUT2D eigenvalue weighted by Crippen LogP contribution is 2.35. The van der Waals surface area contributed by atoms with E-state index in [1.54, 1.807) is 28.5 Å². The minimum absolute atomic E-state index is 0.0429. The van der Waals surface area contributed by atoms with Crippen molar-refractivity contribution >= 4 is 61.3 Å². The highest BCUT2D eigenvalue weighted by atomic mass is 35.5. The van der Waals surface area contributed by atoms with Crippen molar-refractivity contribution in [3.63, 3.8) is 0 Å². The summed E-state index contributed by atoms with van der Waals surface area (Å²) in [5.41, 5.74) is 1.79. The van der Waals surface area contributed by atoms with Crippen LogP contribution in [0, 0.1) is 0 Å². The van der Waals surface area contributed by atoms with Crippen LogP contribution in [0.3, 0.4) is 0 Å². The Morgan fingerprint density at radius 3 is 2.44 bits per heavy atom. The van der Waals surface area contributed by atoms with E-state index in [2.05, 4.69) is 14.6 Å². The summed E-state index contributed by atoms with van der Waals surface area (Å²) in [5.74, 6) is 0.328. The molecule has 1 N–H and O–H groups in total. The fraction of sp³-hybridized carbons (Fsp3) is 0.304. The van der Waals surface area contributed by atoms with Crippen molar-refractivity contribution in [2.45, 2.75) is 29.7 Å². The average Bonchev–Trinajstić information content (AvgIpc) is 3.54. The molecule has 7 nitrogen and oxygen atoms in total. The number of anilines is 2. The number of sulfonamides is 1. The van der Waals surface area contributed by atoms with Crippen LogP contribution < -0.4 is 9.62 Å². The molecule has 1 aromatic heterocycles. The van der Waals surface area contributed by atoms with Crippen LogP contribution in [-0.4, -0.2) is 49.9 Å². The van der Waals surface area contributed by atoms with Gasteiger partial charge in [-0.25, -0.2) is 13.4 Å². The number of carbonyl (C=O) groups excluding carboxylic acids is 1. The van der Waals surface area contributed by atoms with Gasteiger partial charge in [-0.05, 0) is 73.3 Å². The van der Waals surface area contributed by atoms with Crippen molar-refractivity contribution in [3.8, 4) is 0 Å². The number of hydrogen-bond donors (Lipinski definition) is 1. The molecular weight excluding hydrogens is 515 g/mol. The molecule has 178 valence electrons. The molecule has 11 heteroatoms. The highest BCUT2D eigenvalue weighted by Gasteiger charge is 2.40. The van der Waals surface area contributed by atoms with Gasteiger partial charge >= 0.3 is 0 Å². The van der Waals surface area contributed by atoms with Gasteiger partial charge in [-0.15, -0.1) is 11.3 Å². The third kappa shape index (κ3) is 4.81. The van der Waals surface area contributed by atoms with Gasteiger partial charge < -0.3 is 4.90 Å². The Morgan fingerprint density at radius 1 is 1.03 bits per heavy atom. The summed E-state index contributed by atoms with van der Waals surface area (Å²) in [4.78, 5) is 21.3. The molecule has 34 heavy (non-hydrogen) atoms. The molecule has 5 rings (SSSR count). The summed E-state index contributed by atoms with van der Waals surface area (Å²) in [6.07, 6.45) is 3.21. The van der Waals surface area contributed by atoms with Crippen LogP contribution in [0.15, 0.2) is 58.9 Å². The van der Waals surface area contributed by atoms with Gasteiger partial charge in [0, 0.05) is 40.4 Å². The first-order chi connectivity index (χ1) is 16.3. The predicted molar refractivity (Wildman–Crippen MR) is 136 cm³/mol. The molecule has 2 fully saturated rings. The van der Waals surface area contributed by atoms with Crippen LogP contribution in [0.25, 0.3) is 0 Å². The maximum atomic E-state index is 13.2. The van der Waals surface area contributed by atoms with E-state index in [0.29, 0.717) is 27.4 Å². The Bertz CT molecular complexity index is 1280. The number of nitrogens with one attached hydrogen (secondary N) is 1. The molecule has 0 radical (unpaired) electrons. The number of halogens is 2. The number of likely N-dealkylation sites (tertiary alicyclic amines) is 1. The molecule has 1 amide bonds. The number of aromatic nitrogens is 1. The summed E-state index contributed by atoms with van der Waals surface area (Å²) in [7, 11) is -3.73. The second-order valence-electron chi connectivity index (χ2n) is 8.41. The van der Waals surface area contributed by atoms with E-state index in [4.69, 9.17) is 23.2 Å². The first-order valence-corrected chi connectivity index (χ1v) is 14.0. The number of carbonyl (C=O) groups is 1. The van der Waals surface area contributed by atoms with Gasteiger partial charge in [-0.1, -0.05) is 23.2 Å². The third-order valence-electron chi connectivity index (χ3n) is 6.31. The van der Waals surface area contributed by atoms with Crippen molar-refractivity contribution in [1.29, 1.82) is 0 Å². The highest BCUT2D eigenvalue weighted by molar-refractivity contribution is 7.93. The molecule has 3 aromatic rings. The average molecular weight is 537 g/mol. The molecule has 0 spiro atoms. The van der Waals surface area contributed by atoms with Gasteiger partial charge in [0.2, 0.25) is 5.91 Å². The van der Waals surface area contributed by atoms with Crippen molar-refractivity contribution in [3.05, 3.63) is 69.7 Å². The Labute approximate surface area is 212 Å². The SMILES string of the molecule is O=C1[C@H](N2CC[C@@H](c3cc(Cl)cc(Cl)c3)C2)CCN1c1ccc(S(=O)(=O)Nc2nccs2)cc1. The van der Waals surface area contributed by atoms with Gasteiger partial charge in [-0.2, -0.15) is 0 Å². The smallest absolute Gasteiger partial charge is 0.263 e. The van der Waals surface area contributed by atoms with Gasteiger partial charge in [-0.3, -0.25) is 14.4 Å². The second kappa shape index (κ2) is 9.47. The molecule has 2 atom stereocenters.